The number of fused-ring (bicyclic) bond motifs is 1. The van der Waals surface area contributed by atoms with Gasteiger partial charge >= 0.3 is 0 Å². The van der Waals surface area contributed by atoms with Crippen molar-refractivity contribution >= 4 is 22.6 Å². The highest BCUT2D eigenvalue weighted by Crippen LogP contribution is 2.27. The van der Waals surface area contributed by atoms with Crippen molar-refractivity contribution in [3.05, 3.63) is 48.0 Å². The molecule has 0 radical (unpaired) electrons. The molecule has 3 rings (SSSR count). The van der Waals surface area contributed by atoms with Gasteiger partial charge in [-0.05, 0) is 31.0 Å². The monoisotopic (exact) mass is 350 g/mol. The quantitative estimate of drug-likeness (QED) is 0.731. The SMILES string of the molecule is CCC[C@@H](O)c1cc(C)c(-c2cnc3cc(NC(C)=O)ncc3c2)cn1. The molecule has 26 heavy (non-hydrogen) atoms. The maximum absolute atomic E-state index is 11.1. The van der Waals surface area contributed by atoms with Crippen LogP contribution in [0.25, 0.3) is 22.0 Å². The zero-order chi connectivity index (χ0) is 18.7. The van der Waals surface area contributed by atoms with E-state index < -0.39 is 6.10 Å². The Morgan fingerprint density at radius 1 is 1.15 bits per heavy atom. The average molecular weight is 350 g/mol. The second-order valence-electron chi connectivity index (χ2n) is 6.40. The van der Waals surface area contributed by atoms with E-state index in [1.165, 1.54) is 6.92 Å². The zero-order valence-corrected chi connectivity index (χ0v) is 15.2. The number of hydrogen-bond acceptors (Lipinski definition) is 5. The third-order valence-electron chi connectivity index (χ3n) is 4.22. The summed E-state index contributed by atoms with van der Waals surface area (Å²) >= 11 is 0. The number of aliphatic hydroxyl groups is 1. The number of pyridine rings is 3. The minimum atomic E-state index is -0.529. The molecule has 6 nitrogen and oxygen atoms in total. The molecule has 3 aromatic rings. The van der Waals surface area contributed by atoms with Gasteiger partial charge in [0.2, 0.25) is 5.91 Å². The van der Waals surface area contributed by atoms with Gasteiger partial charge in [0.25, 0.3) is 0 Å². The highest BCUT2D eigenvalue weighted by molar-refractivity contribution is 5.91. The minimum Gasteiger partial charge on any atom is -0.387 e. The van der Waals surface area contributed by atoms with E-state index in [2.05, 4.69) is 20.3 Å². The van der Waals surface area contributed by atoms with Crippen LogP contribution in [-0.4, -0.2) is 26.0 Å². The largest absolute Gasteiger partial charge is 0.387 e. The van der Waals surface area contributed by atoms with Crippen molar-refractivity contribution in [2.45, 2.75) is 39.7 Å². The number of aromatic nitrogens is 3. The number of hydrogen-bond donors (Lipinski definition) is 2. The number of amides is 1. The Morgan fingerprint density at radius 2 is 1.96 bits per heavy atom. The smallest absolute Gasteiger partial charge is 0.222 e. The summed E-state index contributed by atoms with van der Waals surface area (Å²) in [7, 11) is 0. The summed E-state index contributed by atoms with van der Waals surface area (Å²) in [5, 5.41) is 13.7. The van der Waals surface area contributed by atoms with Gasteiger partial charge in [-0.25, -0.2) is 4.98 Å². The molecule has 3 aromatic heterocycles. The topological polar surface area (TPSA) is 88.0 Å². The molecule has 2 N–H and O–H groups in total. The number of aryl methyl sites for hydroxylation is 1. The molecule has 0 aliphatic carbocycles. The van der Waals surface area contributed by atoms with Crippen LogP contribution in [0, 0.1) is 6.92 Å². The van der Waals surface area contributed by atoms with Gasteiger partial charge in [0.15, 0.2) is 0 Å². The molecule has 0 unspecified atom stereocenters. The molecule has 6 heteroatoms. The second-order valence-corrected chi connectivity index (χ2v) is 6.40. The van der Waals surface area contributed by atoms with E-state index in [0.29, 0.717) is 17.9 Å². The predicted molar refractivity (Wildman–Crippen MR) is 102 cm³/mol. The number of nitrogens with one attached hydrogen (secondary N) is 1. The molecular weight excluding hydrogens is 328 g/mol. The first-order chi connectivity index (χ1) is 12.5. The molecule has 0 spiro atoms. The van der Waals surface area contributed by atoms with Gasteiger partial charge in [0.1, 0.15) is 5.82 Å². The molecule has 1 amide bonds. The van der Waals surface area contributed by atoms with Crippen LogP contribution in [0.2, 0.25) is 0 Å². The molecule has 1 atom stereocenters. The van der Waals surface area contributed by atoms with E-state index in [1.54, 1.807) is 24.7 Å². The fourth-order valence-corrected chi connectivity index (χ4v) is 2.90. The van der Waals surface area contributed by atoms with Crippen LogP contribution in [0.1, 0.15) is 44.1 Å². The van der Waals surface area contributed by atoms with Crippen LogP contribution >= 0.6 is 0 Å². The molecule has 134 valence electrons. The lowest BCUT2D eigenvalue weighted by Gasteiger charge is -2.12. The third-order valence-corrected chi connectivity index (χ3v) is 4.22. The van der Waals surface area contributed by atoms with Gasteiger partial charge in [-0.15, -0.1) is 0 Å². The van der Waals surface area contributed by atoms with Crippen molar-refractivity contribution in [2.24, 2.45) is 0 Å². The van der Waals surface area contributed by atoms with Gasteiger partial charge < -0.3 is 10.4 Å². The third kappa shape index (κ3) is 3.86. The Hall–Kier alpha value is -2.86. The van der Waals surface area contributed by atoms with Crippen LogP contribution in [-0.2, 0) is 4.79 Å². The maximum atomic E-state index is 11.1. The Balaban J connectivity index is 1.94. The highest BCUT2D eigenvalue weighted by Gasteiger charge is 2.12. The molecule has 0 fully saturated rings. The molecule has 0 saturated carbocycles. The van der Waals surface area contributed by atoms with Crippen molar-refractivity contribution in [3.63, 3.8) is 0 Å². The molecule has 0 aromatic carbocycles. The number of aliphatic hydroxyl groups excluding tert-OH is 1. The van der Waals surface area contributed by atoms with Crippen molar-refractivity contribution < 1.29 is 9.90 Å². The van der Waals surface area contributed by atoms with E-state index in [1.807, 2.05) is 26.0 Å². The van der Waals surface area contributed by atoms with Crippen molar-refractivity contribution in [2.75, 3.05) is 5.32 Å². The molecule has 3 heterocycles. The fourth-order valence-electron chi connectivity index (χ4n) is 2.90. The Bertz CT molecular complexity index is 956. The van der Waals surface area contributed by atoms with E-state index >= 15 is 0 Å². The lowest BCUT2D eigenvalue weighted by molar-refractivity contribution is -0.114. The predicted octanol–water partition coefficient (Wildman–Crippen LogP) is 3.79. The number of carbonyl (C=O) groups is 1. The maximum Gasteiger partial charge on any atom is 0.222 e. The van der Waals surface area contributed by atoms with Crippen molar-refractivity contribution in [1.82, 2.24) is 15.0 Å². The lowest BCUT2D eigenvalue weighted by Crippen LogP contribution is -2.07. The summed E-state index contributed by atoms with van der Waals surface area (Å²) in [4.78, 5) is 24.3. The fraction of sp³-hybridized carbons (Fsp3) is 0.300. The van der Waals surface area contributed by atoms with E-state index in [-0.39, 0.29) is 5.91 Å². The molecule has 0 aliphatic heterocycles. The Labute approximate surface area is 152 Å². The van der Waals surface area contributed by atoms with Crippen LogP contribution < -0.4 is 5.32 Å². The molecule has 0 bridgehead atoms. The Morgan fingerprint density at radius 3 is 2.65 bits per heavy atom. The van der Waals surface area contributed by atoms with Gasteiger partial charge in [0, 0.05) is 48.1 Å². The van der Waals surface area contributed by atoms with Crippen molar-refractivity contribution in [3.8, 4) is 11.1 Å². The first-order valence-electron chi connectivity index (χ1n) is 8.66. The average Bonchev–Trinajstić information content (AvgIpc) is 2.61. The van der Waals surface area contributed by atoms with Gasteiger partial charge in [-0.1, -0.05) is 13.3 Å². The van der Waals surface area contributed by atoms with Gasteiger partial charge in [-0.2, -0.15) is 0 Å². The van der Waals surface area contributed by atoms with E-state index in [0.717, 1.165) is 34.0 Å². The van der Waals surface area contributed by atoms with Gasteiger partial charge in [0.05, 0.1) is 17.3 Å². The minimum absolute atomic E-state index is 0.166. The summed E-state index contributed by atoms with van der Waals surface area (Å²) in [6.07, 6.45) is 6.34. The number of carbonyl (C=O) groups excluding carboxylic acids is 1. The first-order valence-corrected chi connectivity index (χ1v) is 8.66. The summed E-state index contributed by atoms with van der Waals surface area (Å²) in [5.41, 5.74) is 4.40. The summed E-state index contributed by atoms with van der Waals surface area (Å²) in [5.74, 6) is 0.317. The second kappa shape index (κ2) is 7.58. The van der Waals surface area contributed by atoms with Crippen LogP contribution in [0.3, 0.4) is 0 Å². The summed E-state index contributed by atoms with van der Waals surface area (Å²) < 4.78 is 0. The van der Waals surface area contributed by atoms with Crippen molar-refractivity contribution in [1.29, 1.82) is 0 Å². The van der Waals surface area contributed by atoms with Crippen LogP contribution in [0.4, 0.5) is 5.82 Å². The van der Waals surface area contributed by atoms with E-state index in [9.17, 15) is 9.90 Å². The lowest BCUT2D eigenvalue weighted by atomic mass is 10.0. The number of nitrogens with zero attached hydrogens (tertiary/aromatic N) is 3. The highest BCUT2D eigenvalue weighted by atomic mass is 16.3. The number of rotatable bonds is 5. The van der Waals surface area contributed by atoms with Crippen LogP contribution in [0.5, 0.6) is 0 Å². The normalized spacial score (nSPS) is 12.2. The molecule has 0 saturated heterocycles. The first kappa shape index (κ1) is 17.9. The zero-order valence-electron chi connectivity index (χ0n) is 15.2. The standard InChI is InChI=1S/C20H22N4O2/c1-4-5-19(26)18-6-12(2)16(11-22-18)14-7-15-10-23-20(24-13(3)25)8-17(15)21-9-14/h6-11,19,26H,4-5H2,1-3H3,(H,23,24,25)/t19-/m1/s1. The number of anilines is 1. The van der Waals surface area contributed by atoms with E-state index in [4.69, 9.17) is 0 Å². The Kier molecular flexibility index (Phi) is 5.23. The molecule has 0 aliphatic rings. The summed E-state index contributed by atoms with van der Waals surface area (Å²) in [6.45, 7) is 5.48. The summed E-state index contributed by atoms with van der Waals surface area (Å²) in [6, 6.07) is 5.67. The van der Waals surface area contributed by atoms with Gasteiger partial charge in [-0.3, -0.25) is 14.8 Å². The van der Waals surface area contributed by atoms with Crippen LogP contribution in [0.15, 0.2) is 36.8 Å². The molecular formula is C20H22N4O2.